The first-order valence-corrected chi connectivity index (χ1v) is 6.90. The zero-order valence-corrected chi connectivity index (χ0v) is 11.2. The number of rotatable bonds is 4. The van der Waals surface area contributed by atoms with Gasteiger partial charge in [0, 0.05) is 5.56 Å². The maximum Gasteiger partial charge on any atom is 0.424 e. The number of halogens is 6. The molecule has 0 aliphatic heterocycles. The molecule has 0 bridgehead atoms. The first-order valence-electron chi connectivity index (χ1n) is 5.32. The van der Waals surface area contributed by atoms with Crippen molar-refractivity contribution in [1.29, 1.82) is 0 Å². The van der Waals surface area contributed by atoms with Gasteiger partial charge in [-0.05, 0) is 0 Å². The molecule has 1 rings (SSSR count). The van der Waals surface area contributed by atoms with Crippen LogP contribution < -0.4 is 0 Å². The van der Waals surface area contributed by atoms with E-state index in [2.05, 4.69) is 9.68 Å². The second-order valence-corrected chi connectivity index (χ2v) is 5.55. The van der Waals surface area contributed by atoms with Crippen LogP contribution in [0.2, 0.25) is 0 Å². The fourth-order valence-electron chi connectivity index (χ4n) is 1.36. The quantitative estimate of drug-likeness (QED) is 0.286. The Morgan fingerprint density at radius 1 is 1.09 bits per heavy atom. The number of alkyl halides is 6. The van der Waals surface area contributed by atoms with E-state index in [9.17, 15) is 35.8 Å². The SMILES string of the molecule is O=P(O)(OC(C(F)(F)F)C(F)(F)F)/C(=N/O)c1ccccc1. The molecule has 1 atom stereocenters. The second-order valence-electron chi connectivity index (χ2n) is 3.88. The normalized spacial score (nSPS) is 16.6. The van der Waals surface area contributed by atoms with Gasteiger partial charge in [0.2, 0.25) is 0 Å². The molecule has 12 heteroatoms. The van der Waals surface area contributed by atoms with Crippen molar-refractivity contribution in [2.24, 2.45) is 5.16 Å². The lowest BCUT2D eigenvalue weighted by molar-refractivity contribution is -0.300. The highest BCUT2D eigenvalue weighted by Gasteiger charge is 2.61. The monoisotopic (exact) mass is 351 g/mol. The lowest BCUT2D eigenvalue weighted by Crippen LogP contribution is -2.44. The van der Waals surface area contributed by atoms with E-state index in [1.165, 1.54) is 18.2 Å². The summed E-state index contributed by atoms with van der Waals surface area (Å²) < 4.78 is 89.1. The Bertz CT molecular complexity index is 571. The van der Waals surface area contributed by atoms with Gasteiger partial charge in [-0.1, -0.05) is 35.5 Å². The van der Waals surface area contributed by atoms with Gasteiger partial charge in [-0.25, -0.2) is 0 Å². The Kier molecular flexibility index (Phi) is 5.26. The van der Waals surface area contributed by atoms with Crippen molar-refractivity contribution in [3.05, 3.63) is 35.9 Å². The van der Waals surface area contributed by atoms with Crippen molar-refractivity contribution in [3.63, 3.8) is 0 Å². The molecular formula is C10H8F6NO4P. The summed E-state index contributed by atoms with van der Waals surface area (Å²) in [7, 11) is -5.71. The predicted molar refractivity (Wildman–Crippen MR) is 61.6 cm³/mol. The van der Waals surface area contributed by atoms with Gasteiger partial charge >= 0.3 is 19.9 Å². The Morgan fingerprint density at radius 3 is 1.91 bits per heavy atom. The zero-order valence-electron chi connectivity index (χ0n) is 10.3. The molecule has 0 aromatic heterocycles. The van der Waals surface area contributed by atoms with E-state index in [1.807, 2.05) is 0 Å². The zero-order chi connectivity index (χ0) is 17.2. The van der Waals surface area contributed by atoms with Crippen LogP contribution in [0.3, 0.4) is 0 Å². The summed E-state index contributed by atoms with van der Waals surface area (Å²) in [4.78, 5) is 9.37. The fraction of sp³-hybridized carbons (Fsp3) is 0.300. The summed E-state index contributed by atoms with van der Waals surface area (Å²) in [5, 5.41) is 10.9. The van der Waals surface area contributed by atoms with Gasteiger partial charge in [-0.2, -0.15) is 26.3 Å². The highest BCUT2D eigenvalue weighted by Crippen LogP contribution is 2.52. The first kappa shape index (κ1) is 18.5. The minimum atomic E-state index is -5.98. The molecular weight excluding hydrogens is 343 g/mol. The van der Waals surface area contributed by atoms with Gasteiger partial charge in [0.1, 0.15) is 0 Å². The lowest BCUT2D eigenvalue weighted by atomic mass is 10.2. The smallest absolute Gasteiger partial charge is 0.410 e. The molecule has 2 N–H and O–H groups in total. The summed E-state index contributed by atoms with van der Waals surface area (Å²) >= 11 is 0. The minimum Gasteiger partial charge on any atom is -0.410 e. The number of hydrogen-bond acceptors (Lipinski definition) is 4. The van der Waals surface area contributed by atoms with Crippen molar-refractivity contribution < 1.29 is 45.5 Å². The van der Waals surface area contributed by atoms with Crippen LogP contribution in [0, 0.1) is 0 Å². The maximum atomic E-state index is 12.3. The molecule has 1 unspecified atom stereocenters. The molecule has 0 radical (unpaired) electrons. The van der Waals surface area contributed by atoms with E-state index in [1.54, 1.807) is 0 Å². The van der Waals surface area contributed by atoms with Crippen molar-refractivity contribution in [2.45, 2.75) is 18.5 Å². The topological polar surface area (TPSA) is 79.1 Å². The van der Waals surface area contributed by atoms with Gasteiger partial charge in [0.15, 0.2) is 5.45 Å². The molecule has 0 aliphatic carbocycles. The third-order valence-corrected chi connectivity index (χ3v) is 3.62. The molecule has 0 spiro atoms. The number of benzene rings is 1. The molecule has 124 valence electrons. The molecule has 0 aliphatic rings. The van der Waals surface area contributed by atoms with Crippen LogP contribution in [0.5, 0.6) is 0 Å². The van der Waals surface area contributed by atoms with Gasteiger partial charge in [-0.3, -0.25) is 9.09 Å². The number of nitrogens with zero attached hydrogens (tertiary/aromatic N) is 1. The van der Waals surface area contributed by atoms with E-state index in [4.69, 9.17) is 5.21 Å². The molecule has 5 nitrogen and oxygen atoms in total. The molecule has 0 heterocycles. The van der Waals surface area contributed by atoms with Crippen LogP contribution in [-0.4, -0.2) is 34.0 Å². The Morgan fingerprint density at radius 2 is 1.55 bits per heavy atom. The Balaban J connectivity index is 3.20. The first-order chi connectivity index (χ1) is 9.89. The number of oxime groups is 1. The fourth-order valence-corrected chi connectivity index (χ4v) is 2.58. The second kappa shape index (κ2) is 6.27. The summed E-state index contributed by atoms with van der Waals surface area (Å²) in [6.07, 6.45) is -16.5. The molecule has 1 aromatic rings. The van der Waals surface area contributed by atoms with E-state index in [0.717, 1.165) is 12.1 Å². The average Bonchev–Trinajstić information content (AvgIpc) is 2.35. The molecule has 0 saturated heterocycles. The molecule has 0 saturated carbocycles. The largest absolute Gasteiger partial charge is 0.424 e. The average molecular weight is 351 g/mol. The molecule has 1 aromatic carbocycles. The van der Waals surface area contributed by atoms with Gasteiger partial charge in [-0.15, -0.1) is 0 Å². The van der Waals surface area contributed by atoms with Gasteiger partial charge in [0.05, 0.1) is 0 Å². The molecule has 0 fully saturated rings. The van der Waals surface area contributed by atoms with Crippen molar-refractivity contribution >= 4 is 13.0 Å². The van der Waals surface area contributed by atoms with Crippen molar-refractivity contribution in [1.82, 2.24) is 0 Å². The van der Waals surface area contributed by atoms with Crippen LogP contribution in [0.1, 0.15) is 5.56 Å². The van der Waals surface area contributed by atoms with Crippen LogP contribution in [0.15, 0.2) is 35.5 Å². The molecule has 22 heavy (non-hydrogen) atoms. The molecule has 0 amide bonds. The number of hydrogen-bond donors (Lipinski definition) is 2. The van der Waals surface area contributed by atoms with E-state index >= 15 is 0 Å². The van der Waals surface area contributed by atoms with E-state index in [-0.39, 0.29) is 5.56 Å². The summed E-state index contributed by atoms with van der Waals surface area (Å²) in [5.74, 6) is 0. The predicted octanol–water partition coefficient (Wildman–Crippen LogP) is 3.52. The minimum absolute atomic E-state index is 0.376. The summed E-state index contributed by atoms with van der Waals surface area (Å²) in [6, 6.07) is 6.00. The van der Waals surface area contributed by atoms with E-state index < -0.39 is 31.5 Å². The third-order valence-electron chi connectivity index (χ3n) is 2.24. The summed E-state index contributed by atoms with van der Waals surface area (Å²) in [6.45, 7) is 0. The maximum absolute atomic E-state index is 12.3. The van der Waals surface area contributed by atoms with Crippen LogP contribution in [0.25, 0.3) is 0 Å². The van der Waals surface area contributed by atoms with Crippen molar-refractivity contribution in [3.8, 4) is 0 Å². The third kappa shape index (κ3) is 4.46. The Labute approximate surface area is 119 Å². The highest BCUT2D eigenvalue weighted by molar-refractivity contribution is 7.72. The van der Waals surface area contributed by atoms with Crippen LogP contribution in [0.4, 0.5) is 26.3 Å². The highest BCUT2D eigenvalue weighted by atomic mass is 31.2. The van der Waals surface area contributed by atoms with Gasteiger partial charge < -0.3 is 10.1 Å². The standard InChI is InChI=1S/C10H8F6NO4P/c11-9(12,13)8(10(14,15)16)21-22(19,20)7(17-18)6-4-2-1-3-5-6/h1-5,8,18H,(H,19,20)/b17-7+. The van der Waals surface area contributed by atoms with Gasteiger partial charge in [0.25, 0.3) is 6.10 Å². The lowest BCUT2D eigenvalue weighted by Gasteiger charge is -2.25. The van der Waals surface area contributed by atoms with Crippen LogP contribution in [-0.2, 0) is 9.09 Å². The summed E-state index contributed by atoms with van der Waals surface area (Å²) in [5.41, 5.74) is -1.72. The van der Waals surface area contributed by atoms with E-state index in [0.29, 0.717) is 0 Å². The van der Waals surface area contributed by atoms with Crippen LogP contribution >= 0.6 is 7.60 Å². The van der Waals surface area contributed by atoms with Crippen molar-refractivity contribution in [2.75, 3.05) is 0 Å². The Hall–Kier alpha value is -1.58.